The molecule has 1 aromatic heterocycles. The predicted molar refractivity (Wildman–Crippen MR) is 99.9 cm³/mol. The summed E-state index contributed by atoms with van der Waals surface area (Å²) < 4.78 is 5.06. The molecule has 144 valence electrons. The molecule has 7 nitrogen and oxygen atoms in total. The Kier molecular flexibility index (Phi) is 5.70. The van der Waals surface area contributed by atoms with Gasteiger partial charge in [0.25, 0.3) is 0 Å². The van der Waals surface area contributed by atoms with Gasteiger partial charge in [0.05, 0.1) is 18.9 Å². The molecule has 27 heavy (non-hydrogen) atoms. The zero-order valence-corrected chi connectivity index (χ0v) is 15.7. The number of nitrogens with one attached hydrogen (secondary N) is 1. The largest absolute Gasteiger partial charge is 0.477 e. The van der Waals surface area contributed by atoms with Gasteiger partial charge in [0.1, 0.15) is 5.69 Å². The van der Waals surface area contributed by atoms with Crippen molar-refractivity contribution in [2.45, 2.75) is 26.2 Å². The monoisotopic (exact) mass is 392 g/mol. The molecule has 1 aromatic carbocycles. The lowest BCUT2D eigenvalue weighted by atomic mass is 9.97. The molecule has 0 aliphatic carbocycles. The molecule has 8 heteroatoms. The summed E-state index contributed by atoms with van der Waals surface area (Å²) in [6.07, 6.45) is 1.32. The van der Waals surface area contributed by atoms with Crippen LogP contribution in [0.15, 0.2) is 18.2 Å². The lowest BCUT2D eigenvalue weighted by molar-refractivity contribution is -0.151. The topological polar surface area (TPSA) is 99.7 Å². The SMILES string of the molecule is CCOC(=O)C1CCCN(C(=O)Cc2c(C(=O)O)[nH]c3ccc(Cl)cc23)C1. The molecule has 0 radical (unpaired) electrons. The van der Waals surface area contributed by atoms with Crippen LogP contribution in [0, 0.1) is 5.92 Å². The highest BCUT2D eigenvalue weighted by Gasteiger charge is 2.30. The Bertz CT molecular complexity index is 892. The summed E-state index contributed by atoms with van der Waals surface area (Å²) in [6, 6.07) is 5.00. The standard InChI is InChI=1S/C19H21ClN2O5/c1-2-27-19(26)11-4-3-7-22(10-11)16(23)9-14-13-8-12(20)5-6-15(13)21-17(14)18(24)25/h5-6,8,11,21H,2-4,7,9-10H2,1H3,(H,24,25). The zero-order chi connectivity index (χ0) is 19.6. The zero-order valence-electron chi connectivity index (χ0n) is 15.0. The average molecular weight is 393 g/mol. The summed E-state index contributed by atoms with van der Waals surface area (Å²) in [5.41, 5.74) is 1.01. The number of hydrogen-bond donors (Lipinski definition) is 2. The van der Waals surface area contributed by atoms with Crippen LogP contribution in [0.2, 0.25) is 5.02 Å². The van der Waals surface area contributed by atoms with Crippen molar-refractivity contribution in [3.05, 3.63) is 34.5 Å². The van der Waals surface area contributed by atoms with E-state index in [1.165, 1.54) is 0 Å². The molecule has 1 unspecified atom stereocenters. The molecule has 1 aliphatic rings. The van der Waals surface area contributed by atoms with Gasteiger partial charge in [-0.3, -0.25) is 9.59 Å². The number of esters is 1. The molecule has 2 N–H and O–H groups in total. The van der Waals surface area contributed by atoms with Crippen LogP contribution in [-0.4, -0.2) is 52.5 Å². The second-order valence-electron chi connectivity index (χ2n) is 6.58. The third kappa shape index (κ3) is 4.08. The molecular weight excluding hydrogens is 372 g/mol. The maximum atomic E-state index is 12.8. The molecule has 2 heterocycles. The Hall–Kier alpha value is -2.54. The number of fused-ring (bicyclic) bond motifs is 1. The minimum atomic E-state index is -1.13. The number of nitrogens with zero attached hydrogens (tertiary/aromatic N) is 1. The number of carboxylic acid groups (broad SMARTS) is 1. The molecule has 1 amide bonds. The second-order valence-corrected chi connectivity index (χ2v) is 7.02. The van der Waals surface area contributed by atoms with Gasteiger partial charge in [0.15, 0.2) is 0 Å². The number of carbonyl (C=O) groups is 3. The fourth-order valence-corrected chi connectivity index (χ4v) is 3.68. The van der Waals surface area contributed by atoms with Crippen LogP contribution in [0.25, 0.3) is 10.9 Å². The number of hydrogen-bond acceptors (Lipinski definition) is 4. The van der Waals surface area contributed by atoms with Crippen LogP contribution in [0.3, 0.4) is 0 Å². The first-order valence-electron chi connectivity index (χ1n) is 8.88. The van der Waals surface area contributed by atoms with Crippen LogP contribution < -0.4 is 0 Å². The number of amides is 1. The summed E-state index contributed by atoms with van der Waals surface area (Å²) in [6.45, 7) is 2.89. The van der Waals surface area contributed by atoms with Gasteiger partial charge in [-0.05, 0) is 38.0 Å². The van der Waals surface area contributed by atoms with E-state index < -0.39 is 5.97 Å². The minimum absolute atomic E-state index is 0.0143. The van der Waals surface area contributed by atoms with Crippen molar-refractivity contribution in [2.24, 2.45) is 5.92 Å². The summed E-state index contributed by atoms with van der Waals surface area (Å²) in [5, 5.41) is 10.6. The molecule has 2 aromatic rings. The number of aromatic nitrogens is 1. The molecule has 1 saturated heterocycles. The first-order chi connectivity index (χ1) is 12.9. The average Bonchev–Trinajstić information content (AvgIpc) is 3.00. The summed E-state index contributed by atoms with van der Waals surface area (Å²) in [4.78, 5) is 40.9. The number of benzene rings is 1. The maximum Gasteiger partial charge on any atom is 0.352 e. The van der Waals surface area contributed by atoms with Crippen molar-refractivity contribution in [3.63, 3.8) is 0 Å². The maximum absolute atomic E-state index is 12.8. The fraction of sp³-hybridized carbons (Fsp3) is 0.421. The van der Waals surface area contributed by atoms with Gasteiger partial charge in [0.2, 0.25) is 5.91 Å². The molecule has 1 fully saturated rings. The number of piperidine rings is 1. The summed E-state index contributed by atoms with van der Waals surface area (Å²) >= 11 is 6.04. The normalized spacial score (nSPS) is 17.1. The fourth-order valence-electron chi connectivity index (χ4n) is 3.51. The smallest absolute Gasteiger partial charge is 0.352 e. The number of H-pyrrole nitrogens is 1. The lowest BCUT2D eigenvalue weighted by Crippen LogP contribution is -2.43. The highest BCUT2D eigenvalue weighted by Crippen LogP contribution is 2.27. The number of aromatic amines is 1. The van der Waals surface area contributed by atoms with E-state index in [2.05, 4.69) is 4.98 Å². The van der Waals surface area contributed by atoms with Crippen LogP contribution in [0.5, 0.6) is 0 Å². The lowest BCUT2D eigenvalue weighted by Gasteiger charge is -2.31. The van der Waals surface area contributed by atoms with Gasteiger partial charge in [-0.25, -0.2) is 4.79 Å². The van der Waals surface area contributed by atoms with Gasteiger partial charge in [-0.15, -0.1) is 0 Å². The third-order valence-electron chi connectivity index (χ3n) is 4.80. The highest BCUT2D eigenvalue weighted by molar-refractivity contribution is 6.31. The predicted octanol–water partition coefficient (Wildman–Crippen LogP) is 2.86. The summed E-state index contributed by atoms with van der Waals surface area (Å²) in [7, 11) is 0. The first kappa shape index (κ1) is 19.2. The van der Waals surface area contributed by atoms with E-state index >= 15 is 0 Å². The number of carboxylic acids is 1. The number of halogens is 1. The van der Waals surface area contributed by atoms with Gasteiger partial charge in [-0.2, -0.15) is 0 Å². The molecule has 1 atom stereocenters. The number of likely N-dealkylation sites (tertiary alicyclic amines) is 1. The number of rotatable bonds is 5. The minimum Gasteiger partial charge on any atom is -0.477 e. The van der Waals surface area contributed by atoms with Crippen molar-refractivity contribution >= 4 is 40.3 Å². The van der Waals surface area contributed by atoms with Crippen molar-refractivity contribution in [1.82, 2.24) is 9.88 Å². The van der Waals surface area contributed by atoms with E-state index in [0.717, 1.165) is 0 Å². The Morgan fingerprint density at radius 1 is 1.37 bits per heavy atom. The third-order valence-corrected chi connectivity index (χ3v) is 5.04. The van der Waals surface area contributed by atoms with Gasteiger partial charge >= 0.3 is 11.9 Å². The van der Waals surface area contributed by atoms with Gasteiger partial charge < -0.3 is 19.7 Å². The van der Waals surface area contributed by atoms with E-state index in [4.69, 9.17) is 16.3 Å². The van der Waals surface area contributed by atoms with Crippen LogP contribution in [0.1, 0.15) is 35.8 Å². The van der Waals surface area contributed by atoms with Crippen molar-refractivity contribution in [2.75, 3.05) is 19.7 Å². The number of aromatic carboxylic acids is 1. The van der Waals surface area contributed by atoms with Crippen LogP contribution in [-0.2, 0) is 20.7 Å². The summed E-state index contributed by atoms with van der Waals surface area (Å²) in [5.74, 6) is -1.97. The molecular formula is C19H21ClN2O5. The van der Waals surface area contributed by atoms with E-state index in [9.17, 15) is 19.5 Å². The second kappa shape index (κ2) is 8.00. The van der Waals surface area contributed by atoms with Crippen molar-refractivity contribution in [3.8, 4) is 0 Å². The van der Waals surface area contributed by atoms with Crippen molar-refractivity contribution in [1.29, 1.82) is 0 Å². The van der Waals surface area contributed by atoms with Gasteiger partial charge in [0, 0.05) is 34.6 Å². The number of ether oxygens (including phenoxy) is 1. The Labute approximate surface area is 161 Å². The van der Waals surface area contributed by atoms with E-state index in [1.54, 1.807) is 30.0 Å². The molecule has 0 bridgehead atoms. The van der Waals surface area contributed by atoms with E-state index in [1.807, 2.05) is 0 Å². The molecule has 0 spiro atoms. The molecule has 3 rings (SSSR count). The highest BCUT2D eigenvalue weighted by atomic mass is 35.5. The number of carbonyl (C=O) groups excluding carboxylic acids is 2. The van der Waals surface area contributed by atoms with Crippen molar-refractivity contribution < 1.29 is 24.2 Å². The molecule has 0 saturated carbocycles. The van der Waals surface area contributed by atoms with E-state index in [0.29, 0.717) is 54.0 Å². The van der Waals surface area contributed by atoms with Gasteiger partial charge in [-0.1, -0.05) is 11.6 Å². The van der Waals surface area contributed by atoms with E-state index in [-0.39, 0.29) is 29.9 Å². The quantitative estimate of drug-likeness (QED) is 0.762. The van der Waals surface area contributed by atoms with Crippen LogP contribution >= 0.6 is 11.6 Å². The van der Waals surface area contributed by atoms with Crippen LogP contribution in [0.4, 0.5) is 0 Å². The Balaban J connectivity index is 1.83. The Morgan fingerprint density at radius 2 is 2.15 bits per heavy atom. The first-order valence-corrected chi connectivity index (χ1v) is 9.26. The molecule has 1 aliphatic heterocycles. The Morgan fingerprint density at radius 3 is 2.85 bits per heavy atom.